The molecule has 0 atom stereocenters. The van der Waals surface area contributed by atoms with E-state index in [9.17, 15) is 9.59 Å². The number of hydrogen-bond acceptors (Lipinski definition) is 3. The van der Waals surface area contributed by atoms with Gasteiger partial charge < -0.3 is 4.98 Å². The van der Waals surface area contributed by atoms with E-state index in [1.807, 2.05) is 13.0 Å². The second-order valence-electron chi connectivity index (χ2n) is 4.12. The Bertz CT molecular complexity index is 892. The average Bonchev–Trinajstić information content (AvgIpc) is 2.75. The predicted octanol–water partition coefficient (Wildman–Crippen LogP) is 2.70. The summed E-state index contributed by atoms with van der Waals surface area (Å²) >= 11 is 7.43. The van der Waals surface area contributed by atoms with Crippen LogP contribution < -0.4 is 11.2 Å². The smallest absolute Gasteiger partial charge is 0.306 e. The zero-order valence-electron chi connectivity index (χ0n) is 9.94. The van der Waals surface area contributed by atoms with Gasteiger partial charge in [0, 0.05) is 4.88 Å². The van der Waals surface area contributed by atoms with E-state index in [-0.39, 0.29) is 0 Å². The summed E-state index contributed by atoms with van der Waals surface area (Å²) in [6.07, 6.45) is 0. The van der Waals surface area contributed by atoms with E-state index in [0.717, 1.165) is 9.44 Å². The second-order valence-corrected chi connectivity index (χ2v) is 5.79. The van der Waals surface area contributed by atoms with Gasteiger partial charge in [-0.3, -0.25) is 4.79 Å². The fourth-order valence-electron chi connectivity index (χ4n) is 1.96. The van der Waals surface area contributed by atoms with Gasteiger partial charge in [0.1, 0.15) is 5.00 Å². The molecule has 0 bridgehead atoms. The molecule has 4 nitrogen and oxygen atoms in total. The minimum Gasteiger partial charge on any atom is -0.306 e. The Hall–Kier alpha value is -1.85. The molecule has 2 heterocycles. The number of nitrogens with one attached hydrogen (secondary N) is 1. The molecule has 0 aliphatic heterocycles. The van der Waals surface area contributed by atoms with Crippen molar-refractivity contribution in [1.82, 2.24) is 9.55 Å². The number of aromatic nitrogens is 2. The van der Waals surface area contributed by atoms with Gasteiger partial charge in [-0.15, -0.1) is 11.3 Å². The standard InChI is InChI=1S/C13H9ClN2O2S/c1-7-5-6-10(19-7)16-12(17)11-8(14)3-2-4-9(11)15-13(16)18/h2-6H,1H3,(H,15,18). The van der Waals surface area contributed by atoms with E-state index < -0.39 is 11.2 Å². The molecular formula is C13H9ClN2O2S. The van der Waals surface area contributed by atoms with E-state index >= 15 is 0 Å². The summed E-state index contributed by atoms with van der Waals surface area (Å²) in [5.74, 6) is 0. The highest BCUT2D eigenvalue weighted by Crippen LogP contribution is 2.20. The number of rotatable bonds is 1. The van der Waals surface area contributed by atoms with E-state index in [4.69, 9.17) is 11.6 Å². The van der Waals surface area contributed by atoms with Crippen LogP contribution in [-0.2, 0) is 0 Å². The molecule has 0 radical (unpaired) electrons. The number of halogens is 1. The molecule has 0 saturated heterocycles. The number of hydrogen-bond donors (Lipinski definition) is 1. The highest BCUT2D eigenvalue weighted by atomic mass is 35.5. The van der Waals surface area contributed by atoms with Gasteiger partial charge in [-0.1, -0.05) is 17.7 Å². The molecule has 0 fully saturated rings. The van der Waals surface area contributed by atoms with Crippen molar-refractivity contribution in [2.24, 2.45) is 0 Å². The fraction of sp³-hybridized carbons (Fsp3) is 0.0769. The van der Waals surface area contributed by atoms with Crippen LogP contribution >= 0.6 is 22.9 Å². The lowest BCUT2D eigenvalue weighted by atomic mass is 10.2. The third-order valence-corrected chi connectivity index (χ3v) is 4.12. The van der Waals surface area contributed by atoms with Gasteiger partial charge in [-0.05, 0) is 31.2 Å². The summed E-state index contributed by atoms with van der Waals surface area (Å²) in [4.78, 5) is 28.2. The average molecular weight is 293 g/mol. The number of thiophene rings is 1. The highest BCUT2D eigenvalue weighted by molar-refractivity contribution is 7.14. The van der Waals surface area contributed by atoms with Crippen molar-refractivity contribution in [3.05, 3.63) is 61.1 Å². The summed E-state index contributed by atoms with van der Waals surface area (Å²) in [7, 11) is 0. The second kappa shape index (κ2) is 4.36. The maximum Gasteiger partial charge on any atom is 0.334 e. The highest BCUT2D eigenvalue weighted by Gasteiger charge is 2.12. The monoisotopic (exact) mass is 292 g/mol. The molecule has 19 heavy (non-hydrogen) atoms. The summed E-state index contributed by atoms with van der Waals surface area (Å²) in [5, 5.41) is 1.25. The van der Waals surface area contributed by atoms with Crippen molar-refractivity contribution >= 4 is 33.8 Å². The third kappa shape index (κ3) is 1.91. The van der Waals surface area contributed by atoms with Crippen molar-refractivity contribution in [3.8, 4) is 5.00 Å². The molecule has 0 aliphatic rings. The SMILES string of the molecule is Cc1ccc(-n2c(=O)[nH]c3cccc(Cl)c3c2=O)s1. The Morgan fingerprint density at radius 1 is 1.21 bits per heavy atom. The van der Waals surface area contributed by atoms with Crippen LogP contribution in [0.25, 0.3) is 15.9 Å². The van der Waals surface area contributed by atoms with Gasteiger partial charge in [-0.2, -0.15) is 0 Å². The molecule has 2 aromatic heterocycles. The molecule has 6 heteroatoms. The lowest BCUT2D eigenvalue weighted by Gasteiger charge is -2.04. The lowest BCUT2D eigenvalue weighted by molar-refractivity contribution is 0.917. The van der Waals surface area contributed by atoms with Crippen molar-refractivity contribution < 1.29 is 0 Å². The molecular weight excluding hydrogens is 284 g/mol. The number of fused-ring (bicyclic) bond motifs is 1. The van der Waals surface area contributed by atoms with Crippen LogP contribution in [0.1, 0.15) is 4.88 Å². The summed E-state index contributed by atoms with van der Waals surface area (Å²) in [5.41, 5.74) is -0.403. The zero-order valence-corrected chi connectivity index (χ0v) is 11.5. The van der Waals surface area contributed by atoms with Gasteiger partial charge in [0.05, 0.1) is 15.9 Å². The van der Waals surface area contributed by atoms with Gasteiger partial charge in [0.2, 0.25) is 0 Å². The van der Waals surface area contributed by atoms with Crippen molar-refractivity contribution in [3.63, 3.8) is 0 Å². The molecule has 1 N–H and O–H groups in total. The Labute approximate surface area is 116 Å². The fourth-order valence-corrected chi connectivity index (χ4v) is 3.08. The Morgan fingerprint density at radius 3 is 2.68 bits per heavy atom. The van der Waals surface area contributed by atoms with Gasteiger partial charge >= 0.3 is 5.69 Å². The molecule has 0 unspecified atom stereocenters. The van der Waals surface area contributed by atoms with E-state index in [2.05, 4.69) is 4.98 Å². The van der Waals surface area contributed by atoms with Crippen molar-refractivity contribution in [2.45, 2.75) is 6.92 Å². The molecule has 96 valence electrons. The third-order valence-electron chi connectivity index (χ3n) is 2.82. The maximum atomic E-state index is 12.4. The Morgan fingerprint density at radius 2 is 2.00 bits per heavy atom. The van der Waals surface area contributed by atoms with Crippen LogP contribution in [-0.4, -0.2) is 9.55 Å². The van der Waals surface area contributed by atoms with E-state index in [0.29, 0.717) is 20.9 Å². The minimum atomic E-state index is -0.457. The van der Waals surface area contributed by atoms with Crippen LogP contribution in [0.3, 0.4) is 0 Å². The maximum absolute atomic E-state index is 12.4. The van der Waals surface area contributed by atoms with Gasteiger partial charge in [-0.25, -0.2) is 9.36 Å². The first kappa shape index (κ1) is 12.2. The molecule has 0 amide bonds. The number of nitrogens with zero attached hydrogens (tertiary/aromatic N) is 1. The topological polar surface area (TPSA) is 54.9 Å². The molecule has 0 aliphatic carbocycles. The number of aryl methyl sites for hydroxylation is 1. The van der Waals surface area contributed by atoms with E-state index in [1.54, 1.807) is 24.3 Å². The Kier molecular flexibility index (Phi) is 2.80. The van der Waals surface area contributed by atoms with Gasteiger partial charge in [0.15, 0.2) is 0 Å². The predicted molar refractivity (Wildman–Crippen MR) is 77.8 cm³/mol. The summed E-state index contributed by atoms with van der Waals surface area (Å²) in [6, 6.07) is 8.60. The quantitative estimate of drug-likeness (QED) is 0.750. The van der Waals surface area contributed by atoms with Crippen molar-refractivity contribution in [1.29, 1.82) is 0 Å². The van der Waals surface area contributed by atoms with Gasteiger partial charge in [0.25, 0.3) is 5.56 Å². The first-order chi connectivity index (χ1) is 9.08. The van der Waals surface area contributed by atoms with Crippen molar-refractivity contribution in [2.75, 3.05) is 0 Å². The lowest BCUT2D eigenvalue weighted by Crippen LogP contribution is -2.33. The summed E-state index contributed by atoms with van der Waals surface area (Å²) < 4.78 is 1.12. The van der Waals surface area contributed by atoms with Crippen LogP contribution in [0.15, 0.2) is 39.9 Å². The van der Waals surface area contributed by atoms with Crippen LogP contribution in [0.5, 0.6) is 0 Å². The number of H-pyrrole nitrogens is 1. The van der Waals surface area contributed by atoms with Crippen LogP contribution in [0.2, 0.25) is 5.02 Å². The van der Waals surface area contributed by atoms with E-state index in [1.165, 1.54) is 11.3 Å². The molecule has 0 saturated carbocycles. The molecule has 3 aromatic rings. The Balaban J connectivity index is 2.47. The number of aromatic amines is 1. The van der Waals surface area contributed by atoms with Crippen LogP contribution in [0, 0.1) is 6.92 Å². The molecule has 1 aromatic carbocycles. The normalized spacial score (nSPS) is 11.1. The molecule has 3 rings (SSSR count). The minimum absolute atomic E-state index is 0.329. The number of benzene rings is 1. The zero-order chi connectivity index (χ0) is 13.6. The first-order valence-corrected chi connectivity index (χ1v) is 6.78. The molecule has 0 spiro atoms. The first-order valence-electron chi connectivity index (χ1n) is 5.58. The van der Waals surface area contributed by atoms with Crippen LogP contribution in [0.4, 0.5) is 0 Å². The summed E-state index contributed by atoms with van der Waals surface area (Å²) in [6.45, 7) is 1.92. The largest absolute Gasteiger partial charge is 0.334 e.